The molecule has 0 atom stereocenters. The summed E-state index contributed by atoms with van der Waals surface area (Å²) in [5, 5.41) is 0. The van der Waals surface area contributed by atoms with Gasteiger partial charge in [-0.15, -0.1) is 0 Å². The van der Waals surface area contributed by atoms with Crippen molar-refractivity contribution in [3.63, 3.8) is 0 Å². The van der Waals surface area contributed by atoms with Crippen molar-refractivity contribution in [3.05, 3.63) is 0 Å². The quantitative estimate of drug-likeness (QED) is 0.120. The predicted octanol–water partition coefficient (Wildman–Crippen LogP) is 9.69. The molecule has 0 amide bonds. The fourth-order valence-corrected chi connectivity index (χ4v) is 4.46. The summed E-state index contributed by atoms with van der Waals surface area (Å²) in [6.07, 6.45) is 27.1. The van der Waals surface area contributed by atoms with E-state index in [-0.39, 0.29) is 0 Å². The Kier molecular flexibility index (Phi) is 20.1. The van der Waals surface area contributed by atoms with Gasteiger partial charge in [0.1, 0.15) is 0 Å². The van der Waals surface area contributed by atoms with Crippen molar-refractivity contribution in [1.82, 2.24) is 0 Å². The van der Waals surface area contributed by atoms with Crippen LogP contribution in [0.15, 0.2) is 0 Å². The Bertz CT molecular complexity index is 318. The summed E-state index contributed by atoms with van der Waals surface area (Å²) in [6, 6.07) is 0. The van der Waals surface area contributed by atoms with Crippen molar-refractivity contribution in [1.29, 1.82) is 0 Å². The lowest BCUT2D eigenvalue weighted by Crippen LogP contribution is -2.32. The van der Waals surface area contributed by atoms with Crippen LogP contribution in [-0.2, 0) is 0 Å². The first kappa shape index (κ1) is 26.6. The van der Waals surface area contributed by atoms with Gasteiger partial charge in [-0.2, -0.15) is 24.9 Å². The normalized spacial score (nSPS) is 11.4. The average molecular weight is 376 g/mol. The lowest BCUT2D eigenvalue weighted by atomic mass is 9.19. The van der Waals surface area contributed by atoms with Crippen molar-refractivity contribution in [2.24, 2.45) is 0 Å². The van der Waals surface area contributed by atoms with Crippen molar-refractivity contribution in [3.8, 4) is 11.7 Å². The number of unbranched alkanes of at least 4 members (excludes halogenated alkanes) is 13. The Labute approximate surface area is 174 Å². The van der Waals surface area contributed by atoms with Gasteiger partial charge in [0.15, 0.2) is 0 Å². The highest BCUT2D eigenvalue weighted by atomic mass is 14.0. The van der Waals surface area contributed by atoms with Crippen LogP contribution in [0.25, 0.3) is 0 Å². The number of rotatable bonds is 19. The van der Waals surface area contributed by atoms with Crippen molar-refractivity contribution >= 4 is 6.15 Å². The minimum absolute atomic E-state index is 0.435. The molecule has 0 nitrogen and oxygen atoms in total. The highest BCUT2D eigenvalue weighted by molar-refractivity contribution is 6.87. The topological polar surface area (TPSA) is 0 Å². The standard InChI is InChI=1S/C26H52B/c1-5-9-13-17-18-22-26-27(23-19-14-10-6-2,24-20-15-11-7-3)25-21-16-12-8-4/h5-21,23-25H2,1-4H3/q-1. The van der Waals surface area contributed by atoms with Crippen LogP contribution in [0.2, 0.25) is 19.0 Å². The zero-order chi connectivity index (χ0) is 20.1. The van der Waals surface area contributed by atoms with Crippen molar-refractivity contribution in [2.45, 2.75) is 156 Å². The van der Waals surface area contributed by atoms with Crippen LogP contribution in [-0.4, -0.2) is 6.15 Å². The van der Waals surface area contributed by atoms with Gasteiger partial charge in [0, 0.05) is 6.42 Å². The van der Waals surface area contributed by atoms with Gasteiger partial charge < -0.3 is 5.82 Å². The molecule has 0 spiro atoms. The van der Waals surface area contributed by atoms with Gasteiger partial charge >= 0.3 is 0 Å². The van der Waals surface area contributed by atoms with E-state index in [4.69, 9.17) is 0 Å². The smallest absolute Gasteiger partial charge is 0.0708 e. The summed E-state index contributed by atoms with van der Waals surface area (Å²) in [5.41, 5.74) is 0. The third-order valence-corrected chi connectivity index (χ3v) is 6.39. The van der Waals surface area contributed by atoms with Gasteiger partial charge in [-0.3, -0.25) is 0 Å². The predicted molar refractivity (Wildman–Crippen MR) is 129 cm³/mol. The summed E-state index contributed by atoms with van der Waals surface area (Å²) >= 11 is 0. The van der Waals surface area contributed by atoms with E-state index in [1.54, 1.807) is 0 Å². The molecule has 0 radical (unpaired) electrons. The monoisotopic (exact) mass is 375 g/mol. The van der Waals surface area contributed by atoms with Gasteiger partial charge in [0.25, 0.3) is 0 Å². The Hall–Kier alpha value is -0.375. The summed E-state index contributed by atoms with van der Waals surface area (Å²) in [4.78, 5) is 0. The second-order valence-electron chi connectivity index (χ2n) is 9.16. The van der Waals surface area contributed by atoms with E-state index in [0.29, 0.717) is 0 Å². The summed E-state index contributed by atoms with van der Waals surface area (Å²) in [7, 11) is 0. The van der Waals surface area contributed by atoms with E-state index >= 15 is 0 Å². The molecule has 0 aliphatic rings. The molecule has 0 N–H and O–H groups in total. The van der Waals surface area contributed by atoms with Crippen LogP contribution in [0.1, 0.15) is 137 Å². The maximum Gasteiger partial charge on any atom is 0.0708 e. The van der Waals surface area contributed by atoms with Crippen LogP contribution in [0.5, 0.6) is 0 Å². The Morgan fingerprint density at radius 3 is 1.19 bits per heavy atom. The molecular formula is C26H52B-. The largest absolute Gasteiger partial charge is 0.315 e. The molecule has 0 aromatic rings. The second kappa shape index (κ2) is 20.4. The molecule has 27 heavy (non-hydrogen) atoms. The van der Waals surface area contributed by atoms with E-state index in [1.807, 2.05) is 0 Å². The Balaban J connectivity index is 4.84. The minimum atomic E-state index is -0.435. The first-order chi connectivity index (χ1) is 13.2. The molecule has 0 aliphatic heterocycles. The molecule has 0 aromatic heterocycles. The molecule has 160 valence electrons. The first-order valence-electron chi connectivity index (χ1n) is 12.9. The molecule has 0 fully saturated rings. The highest BCUT2D eigenvalue weighted by Gasteiger charge is 2.21. The lowest BCUT2D eigenvalue weighted by Gasteiger charge is -2.35. The zero-order valence-electron chi connectivity index (χ0n) is 19.7. The van der Waals surface area contributed by atoms with Gasteiger partial charge in [0.2, 0.25) is 0 Å². The fourth-order valence-electron chi connectivity index (χ4n) is 4.46. The van der Waals surface area contributed by atoms with Gasteiger partial charge in [0.05, 0.1) is 6.15 Å². The molecular weight excluding hydrogens is 323 g/mol. The third kappa shape index (κ3) is 16.3. The second-order valence-corrected chi connectivity index (χ2v) is 9.16. The van der Waals surface area contributed by atoms with E-state index in [2.05, 4.69) is 39.4 Å². The zero-order valence-corrected chi connectivity index (χ0v) is 19.7. The van der Waals surface area contributed by atoms with E-state index in [1.165, 1.54) is 122 Å². The molecule has 0 unspecified atom stereocenters. The van der Waals surface area contributed by atoms with Gasteiger partial charge in [-0.1, -0.05) is 124 Å². The number of hydrogen-bond donors (Lipinski definition) is 0. The average Bonchev–Trinajstić information content (AvgIpc) is 2.68. The summed E-state index contributed by atoms with van der Waals surface area (Å²) < 4.78 is 0. The van der Waals surface area contributed by atoms with Crippen molar-refractivity contribution < 1.29 is 0 Å². The van der Waals surface area contributed by atoms with Crippen LogP contribution in [0.4, 0.5) is 0 Å². The van der Waals surface area contributed by atoms with E-state index < -0.39 is 6.15 Å². The lowest BCUT2D eigenvalue weighted by molar-refractivity contribution is 0.668. The van der Waals surface area contributed by atoms with Gasteiger partial charge in [-0.05, 0) is 6.42 Å². The maximum atomic E-state index is 3.95. The van der Waals surface area contributed by atoms with Crippen LogP contribution < -0.4 is 0 Å². The van der Waals surface area contributed by atoms with Crippen LogP contribution in [0.3, 0.4) is 0 Å². The summed E-state index contributed by atoms with van der Waals surface area (Å²) in [5.74, 6) is 7.64. The molecule has 0 heterocycles. The molecule has 0 saturated heterocycles. The molecule has 1 heteroatoms. The van der Waals surface area contributed by atoms with E-state index in [0.717, 1.165) is 6.42 Å². The van der Waals surface area contributed by atoms with Crippen LogP contribution >= 0.6 is 0 Å². The molecule has 0 saturated carbocycles. The fraction of sp³-hybridized carbons (Fsp3) is 0.923. The third-order valence-electron chi connectivity index (χ3n) is 6.39. The maximum absolute atomic E-state index is 3.95. The summed E-state index contributed by atoms with van der Waals surface area (Å²) in [6.45, 7) is 9.26. The van der Waals surface area contributed by atoms with Gasteiger partial charge in [-0.25, -0.2) is 0 Å². The molecule has 0 bridgehead atoms. The molecule has 0 aromatic carbocycles. The molecule has 0 rings (SSSR count). The van der Waals surface area contributed by atoms with E-state index in [9.17, 15) is 0 Å². The first-order valence-corrected chi connectivity index (χ1v) is 12.9. The minimum Gasteiger partial charge on any atom is -0.315 e. The SMILES string of the molecule is CCCCCCC#C[B-](CCCCCC)(CCCCCC)CCCCCC. The Morgan fingerprint density at radius 2 is 0.815 bits per heavy atom. The molecule has 0 aliphatic carbocycles. The number of hydrogen-bond acceptors (Lipinski definition) is 0. The Morgan fingerprint density at radius 1 is 0.444 bits per heavy atom. The van der Waals surface area contributed by atoms with Crippen molar-refractivity contribution in [2.75, 3.05) is 0 Å². The van der Waals surface area contributed by atoms with Crippen LogP contribution in [0, 0.1) is 11.7 Å². The highest BCUT2D eigenvalue weighted by Crippen LogP contribution is 2.29.